The SMILES string of the molecule is Nc1cccc(Cl)c1SCc1cc(F)cc(F)c1. The molecular formula is C13H10ClF2NS. The van der Waals surface area contributed by atoms with Crippen molar-refractivity contribution in [3.63, 3.8) is 0 Å². The Labute approximate surface area is 113 Å². The molecule has 2 rings (SSSR count). The number of halogens is 3. The zero-order valence-electron chi connectivity index (χ0n) is 9.29. The molecule has 2 N–H and O–H groups in total. The molecule has 0 bridgehead atoms. The Morgan fingerprint density at radius 3 is 2.39 bits per heavy atom. The Morgan fingerprint density at radius 1 is 1.11 bits per heavy atom. The zero-order valence-corrected chi connectivity index (χ0v) is 10.9. The van der Waals surface area contributed by atoms with Crippen molar-refractivity contribution in [2.24, 2.45) is 0 Å². The van der Waals surface area contributed by atoms with Crippen LogP contribution in [0.4, 0.5) is 14.5 Å². The summed E-state index contributed by atoms with van der Waals surface area (Å²) in [6.07, 6.45) is 0. The van der Waals surface area contributed by atoms with Gasteiger partial charge in [0.05, 0.1) is 5.02 Å². The lowest BCUT2D eigenvalue weighted by molar-refractivity contribution is 0.581. The van der Waals surface area contributed by atoms with Gasteiger partial charge in [-0.2, -0.15) is 0 Å². The lowest BCUT2D eigenvalue weighted by Crippen LogP contribution is -1.91. The number of nitrogens with two attached hydrogens (primary N) is 1. The second-order valence-electron chi connectivity index (χ2n) is 3.72. The van der Waals surface area contributed by atoms with Crippen LogP contribution in [-0.4, -0.2) is 0 Å². The molecular weight excluding hydrogens is 276 g/mol. The van der Waals surface area contributed by atoms with E-state index < -0.39 is 11.6 Å². The summed E-state index contributed by atoms with van der Waals surface area (Å²) in [4.78, 5) is 0.726. The fraction of sp³-hybridized carbons (Fsp3) is 0.0769. The number of rotatable bonds is 3. The monoisotopic (exact) mass is 285 g/mol. The predicted molar refractivity (Wildman–Crippen MR) is 71.8 cm³/mol. The summed E-state index contributed by atoms with van der Waals surface area (Å²) in [7, 11) is 0. The second kappa shape index (κ2) is 5.59. The molecule has 0 radical (unpaired) electrons. The molecule has 0 spiro atoms. The second-order valence-corrected chi connectivity index (χ2v) is 5.12. The fourth-order valence-corrected chi connectivity index (χ4v) is 2.79. The summed E-state index contributed by atoms with van der Waals surface area (Å²) >= 11 is 7.36. The van der Waals surface area contributed by atoms with Crippen LogP contribution in [0.2, 0.25) is 5.02 Å². The highest BCUT2D eigenvalue weighted by molar-refractivity contribution is 7.98. The number of thioether (sulfide) groups is 1. The molecule has 0 aromatic heterocycles. The van der Waals surface area contributed by atoms with Crippen LogP contribution in [0.3, 0.4) is 0 Å². The van der Waals surface area contributed by atoms with Gasteiger partial charge in [-0.05, 0) is 29.8 Å². The van der Waals surface area contributed by atoms with Gasteiger partial charge in [-0.25, -0.2) is 8.78 Å². The maximum absolute atomic E-state index is 13.0. The minimum Gasteiger partial charge on any atom is -0.398 e. The van der Waals surface area contributed by atoms with Crippen molar-refractivity contribution in [1.29, 1.82) is 0 Å². The lowest BCUT2D eigenvalue weighted by Gasteiger charge is -2.07. The first-order valence-electron chi connectivity index (χ1n) is 5.18. The maximum atomic E-state index is 13.0. The van der Waals surface area contributed by atoms with E-state index in [1.807, 2.05) is 0 Å². The van der Waals surface area contributed by atoms with Crippen LogP contribution in [0, 0.1) is 11.6 Å². The number of anilines is 1. The molecule has 0 aliphatic carbocycles. The van der Waals surface area contributed by atoms with Crippen molar-refractivity contribution in [3.05, 3.63) is 58.6 Å². The van der Waals surface area contributed by atoms with Crippen LogP contribution in [0.5, 0.6) is 0 Å². The van der Waals surface area contributed by atoms with Gasteiger partial charge in [-0.15, -0.1) is 11.8 Å². The van der Waals surface area contributed by atoms with E-state index >= 15 is 0 Å². The van der Waals surface area contributed by atoms with E-state index in [1.54, 1.807) is 18.2 Å². The first-order chi connectivity index (χ1) is 8.56. The number of benzene rings is 2. The smallest absolute Gasteiger partial charge is 0.126 e. The molecule has 0 unspecified atom stereocenters. The zero-order chi connectivity index (χ0) is 13.1. The van der Waals surface area contributed by atoms with Crippen LogP contribution < -0.4 is 5.73 Å². The highest BCUT2D eigenvalue weighted by Crippen LogP contribution is 2.34. The molecule has 0 atom stereocenters. The van der Waals surface area contributed by atoms with Crippen LogP contribution >= 0.6 is 23.4 Å². The Morgan fingerprint density at radius 2 is 1.78 bits per heavy atom. The summed E-state index contributed by atoms with van der Waals surface area (Å²) in [6, 6.07) is 8.65. The van der Waals surface area contributed by atoms with E-state index in [0.717, 1.165) is 11.0 Å². The first-order valence-corrected chi connectivity index (χ1v) is 6.54. The van der Waals surface area contributed by atoms with Crippen LogP contribution in [0.1, 0.15) is 5.56 Å². The van der Waals surface area contributed by atoms with Crippen molar-refractivity contribution < 1.29 is 8.78 Å². The van der Waals surface area contributed by atoms with Crippen LogP contribution in [0.25, 0.3) is 0 Å². The minimum absolute atomic E-state index is 0.405. The van der Waals surface area contributed by atoms with Gasteiger partial charge in [0, 0.05) is 22.4 Å². The molecule has 0 saturated heterocycles. The molecule has 0 fully saturated rings. The molecule has 0 aliphatic heterocycles. The van der Waals surface area contributed by atoms with Crippen molar-refractivity contribution in [1.82, 2.24) is 0 Å². The molecule has 0 saturated carbocycles. The van der Waals surface area contributed by atoms with Gasteiger partial charge in [0.25, 0.3) is 0 Å². The molecule has 94 valence electrons. The fourth-order valence-electron chi connectivity index (χ4n) is 1.53. The molecule has 2 aromatic carbocycles. The average Bonchev–Trinajstić information content (AvgIpc) is 2.27. The molecule has 1 nitrogen and oxygen atoms in total. The highest BCUT2D eigenvalue weighted by Gasteiger charge is 2.07. The van der Waals surface area contributed by atoms with Crippen LogP contribution in [0.15, 0.2) is 41.3 Å². The minimum atomic E-state index is -0.585. The summed E-state index contributed by atoms with van der Waals surface area (Å²) in [5.41, 5.74) is 6.90. The van der Waals surface area contributed by atoms with E-state index in [-0.39, 0.29) is 0 Å². The standard InChI is InChI=1S/C13H10ClF2NS/c14-11-2-1-3-12(17)13(11)18-7-8-4-9(15)6-10(16)5-8/h1-6H,7,17H2. The van der Waals surface area contributed by atoms with Gasteiger partial charge in [0.1, 0.15) is 11.6 Å². The Hall–Kier alpha value is -1.26. The van der Waals surface area contributed by atoms with Crippen molar-refractivity contribution in [2.45, 2.75) is 10.6 Å². The maximum Gasteiger partial charge on any atom is 0.126 e. The van der Waals surface area contributed by atoms with E-state index in [9.17, 15) is 8.78 Å². The van der Waals surface area contributed by atoms with Gasteiger partial charge in [0.15, 0.2) is 0 Å². The van der Waals surface area contributed by atoms with E-state index in [1.165, 1.54) is 23.9 Å². The number of hydrogen-bond donors (Lipinski definition) is 1. The normalized spacial score (nSPS) is 10.6. The van der Waals surface area contributed by atoms with Gasteiger partial charge in [0.2, 0.25) is 0 Å². The van der Waals surface area contributed by atoms with Crippen LogP contribution in [-0.2, 0) is 5.75 Å². The summed E-state index contributed by atoms with van der Waals surface area (Å²) in [5.74, 6) is -0.765. The third kappa shape index (κ3) is 3.15. The highest BCUT2D eigenvalue weighted by atomic mass is 35.5. The van der Waals surface area contributed by atoms with E-state index in [0.29, 0.717) is 22.0 Å². The Bertz CT molecular complexity index is 534. The van der Waals surface area contributed by atoms with E-state index in [2.05, 4.69) is 0 Å². The van der Waals surface area contributed by atoms with Crippen molar-refractivity contribution in [2.75, 3.05) is 5.73 Å². The molecule has 0 aliphatic rings. The third-order valence-corrected chi connectivity index (χ3v) is 3.95. The third-order valence-electron chi connectivity index (χ3n) is 2.30. The topological polar surface area (TPSA) is 26.0 Å². The quantitative estimate of drug-likeness (QED) is 0.664. The van der Waals surface area contributed by atoms with E-state index in [4.69, 9.17) is 17.3 Å². The Kier molecular flexibility index (Phi) is 4.09. The largest absolute Gasteiger partial charge is 0.398 e. The number of hydrogen-bond acceptors (Lipinski definition) is 2. The molecule has 5 heteroatoms. The first kappa shape index (κ1) is 13.2. The summed E-state index contributed by atoms with van der Waals surface area (Å²) in [6.45, 7) is 0. The molecule has 0 amide bonds. The molecule has 2 aromatic rings. The van der Waals surface area contributed by atoms with Crippen molar-refractivity contribution in [3.8, 4) is 0 Å². The number of nitrogen functional groups attached to an aromatic ring is 1. The van der Waals surface area contributed by atoms with Gasteiger partial charge >= 0.3 is 0 Å². The average molecular weight is 286 g/mol. The van der Waals surface area contributed by atoms with Gasteiger partial charge in [-0.3, -0.25) is 0 Å². The van der Waals surface area contributed by atoms with Crippen molar-refractivity contribution >= 4 is 29.1 Å². The Balaban J connectivity index is 2.16. The van der Waals surface area contributed by atoms with Gasteiger partial charge < -0.3 is 5.73 Å². The lowest BCUT2D eigenvalue weighted by atomic mass is 10.2. The molecule has 0 heterocycles. The molecule has 18 heavy (non-hydrogen) atoms. The van der Waals surface area contributed by atoms with Gasteiger partial charge in [-0.1, -0.05) is 17.7 Å². The predicted octanol–water partition coefficient (Wildman–Crippen LogP) is 4.49. The summed E-state index contributed by atoms with van der Waals surface area (Å²) < 4.78 is 26.0. The summed E-state index contributed by atoms with van der Waals surface area (Å²) in [5, 5.41) is 0.539.